The maximum atomic E-state index is 5.50. The molecule has 1 aromatic rings. The van der Waals surface area contributed by atoms with Gasteiger partial charge >= 0.3 is 0 Å². The molecule has 0 aromatic heterocycles. The first-order chi connectivity index (χ1) is 10.3. The number of benzene rings is 1. The van der Waals surface area contributed by atoms with Gasteiger partial charge in [-0.3, -0.25) is 0 Å². The summed E-state index contributed by atoms with van der Waals surface area (Å²) in [5.74, 6) is 0.839. The van der Waals surface area contributed by atoms with Gasteiger partial charge in [0.2, 0.25) is 0 Å². The lowest BCUT2D eigenvalue weighted by atomic mass is 9.71. The van der Waals surface area contributed by atoms with Crippen molar-refractivity contribution in [3.63, 3.8) is 0 Å². The van der Waals surface area contributed by atoms with Crippen molar-refractivity contribution in [2.24, 2.45) is 11.3 Å². The van der Waals surface area contributed by atoms with Gasteiger partial charge in [0.15, 0.2) is 5.11 Å². The minimum Gasteiger partial charge on any atom is -0.360 e. The highest BCUT2D eigenvalue weighted by Gasteiger charge is 2.29. The highest BCUT2D eigenvalue weighted by Crippen LogP contribution is 2.37. The van der Waals surface area contributed by atoms with Crippen LogP contribution in [-0.4, -0.2) is 11.2 Å². The summed E-state index contributed by atoms with van der Waals surface area (Å²) in [7, 11) is 0. The van der Waals surface area contributed by atoms with Crippen LogP contribution < -0.4 is 10.6 Å². The van der Waals surface area contributed by atoms with Gasteiger partial charge in [-0.25, -0.2) is 0 Å². The fourth-order valence-corrected chi connectivity index (χ4v) is 3.61. The van der Waals surface area contributed by atoms with E-state index in [2.05, 4.69) is 63.5 Å². The van der Waals surface area contributed by atoms with Crippen LogP contribution >= 0.6 is 12.2 Å². The largest absolute Gasteiger partial charge is 0.360 e. The second kappa shape index (κ2) is 6.99. The van der Waals surface area contributed by atoms with Crippen LogP contribution in [0.5, 0.6) is 0 Å². The molecule has 2 nitrogen and oxygen atoms in total. The van der Waals surface area contributed by atoms with Crippen molar-refractivity contribution < 1.29 is 0 Å². The summed E-state index contributed by atoms with van der Waals surface area (Å²) < 4.78 is 0. The van der Waals surface area contributed by atoms with E-state index >= 15 is 0 Å². The number of rotatable bonds is 2. The number of hydrogen-bond acceptors (Lipinski definition) is 1. The zero-order valence-electron chi connectivity index (χ0n) is 14.6. The molecule has 3 heteroatoms. The van der Waals surface area contributed by atoms with Crippen LogP contribution in [0.1, 0.15) is 57.6 Å². The van der Waals surface area contributed by atoms with Crippen molar-refractivity contribution in [3.8, 4) is 0 Å². The minimum atomic E-state index is 0.433. The van der Waals surface area contributed by atoms with Gasteiger partial charge in [0.05, 0.1) is 0 Å². The fourth-order valence-electron chi connectivity index (χ4n) is 3.33. The van der Waals surface area contributed by atoms with Gasteiger partial charge in [-0.2, -0.15) is 0 Å². The maximum absolute atomic E-state index is 5.50. The lowest BCUT2D eigenvalue weighted by Crippen LogP contribution is -2.41. The van der Waals surface area contributed by atoms with Gasteiger partial charge in [0.25, 0.3) is 0 Å². The molecule has 1 aliphatic carbocycles. The van der Waals surface area contributed by atoms with Crippen LogP contribution in [0.2, 0.25) is 0 Å². The molecular formula is C19H30N2S. The van der Waals surface area contributed by atoms with Crippen LogP contribution in [-0.2, 0) is 0 Å². The number of nitrogens with one attached hydrogen (secondary N) is 2. The van der Waals surface area contributed by atoms with Crippen molar-refractivity contribution in [1.82, 2.24) is 5.32 Å². The first kappa shape index (κ1) is 17.3. The molecule has 0 bridgehead atoms. The smallest absolute Gasteiger partial charge is 0.171 e. The third-order valence-corrected chi connectivity index (χ3v) is 5.36. The van der Waals surface area contributed by atoms with Crippen molar-refractivity contribution in [2.75, 3.05) is 5.32 Å². The summed E-state index contributed by atoms with van der Waals surface area (Å²) in [5.41, 5.74) is 4.10. The summed E-state index contributed by atoms with van der Waals surface area (Å²) in [6, 6.07) is 6.81. The topological polar surface area (TPSA) is 24.1 Å². The highest BCUT2D eigenvalue weighted by molar-refractivity contribution is 7.80. The summed E-state index contributed by atoms with van der Waals surface area (Å²) in [6.45, 7) is 11.3. The average molecular weight is 319 g/mol. The number of aryl methyl sites for hydroxylation is 1. The molecule has 0 amide bonds. The fraction of sp³-hybridized carbons (Fsp3) is 0.632. The Balaban J connectivity index is 1.85. The zero-order chi connectivity index (χ0) is 16.3. The lowest BCUT2D eigenvalue weighted by molar-refractivity contribution is 0.166. The Labute approximate surface area is 141 Å². The van der Waals surface area contributed by atoms with Crippen molar-refractivity contribution >= 4 is 23.0 Å². The standard InChI is InChI=1S/C19H30N2S/c1-13-7-6-8-17(14(13)2)21-18(22)20-16-11-9-15(10-12-16)19(3,4)5/h6-8,15-16H,9-12H2,1-5H3,(H2,20,21,22). The Morgan fingerprint density at radius 1 is 1.09 bits per heavy atom. The summed E-state index contributed by atoms with van der Waals surface area (Å²) in [4.78, 5) is 0. The Morgan fingerprint density at radius 3 is 2.32 bits per heavy atom. The molecule has 1 aliphatic rings. The van der Waals surface area contributed by atoms with E-state index in [4.69, 9.17) is 12.2 Å². The molecule has 1 saturated carbocycles. The normalized spacial score (nSPS) is 22.2. The lowest BCUT2D eigenvalue weighted by Gasteiger charge is -2.37. The van der Waals surface area contributed by atoms with E-state index < -0.39 is 0 Å². The predicted octanol–water partition coefficient (Wildman–Crippen LogP) is 5.19. The molecule has 22 heavy (non-hydrogen) atoms. The Morgan fingerprint density at radius 2 is 1.73 bits per heavy atom. The van der Waals surface area contributed by atoms with Crippen molar-refractivity contribution in [1.29, 1.82) is 0 Å². The van der Waals surface area contributed by atoms with E-state index in [1.807, 2.05) is 0 Å². The molecule has 0 saturated heterocycles. The van der Waals surface area contributed by atoms with Crippen LogP contribution in [0.3, 0.4) is 0 Å². The van der Waals surface area contributed by atoms with Gasteiger partial charge in [0, 0.05) is 11.7 Å². The van der Waals surface area contributed by atoms with Gasteiger partial charge in [0.1, 0.15) is 0 Å². The van der Waals surface area contributed by atoms with Crippen molar-refractivity contribution in [2.45, 2.75) is 66.3 Å². The van der Waals surface area contributed by atoms with E-state index in [0.717, 1.165) is 16.7 Å². The molecule has 0 radical (unpaired) electrons. The monoisotopic (exact) mass is 318 g/mol. The van der Waals surface area contributed by atoms with Crippen LogP contribution in [0.4, 0.5) is 5.69 Å². The van der Waals surface area contributed by atoms with E-state index in [9.17, 15) is 0 Å². The molecule has 2 rings (SSSR count). The zero-order valence-corrected chi connectivity index (χ0v) is 15.4. The summed E-state index contributed by atoms with van der Waals surface area (Å²) in [5, 5.41) is 7.62. The molecule has 122 valence electrons. The van der Waals surface area contributed by atoms with Crippen molar-refractivity contribution in [3.05, 3.63) is 29.3 Å². The molecule has 0 atom stereocenters. The molecule has 0 aliphatic heterocycles. The molecular weight excluding hydrogens is 288 g/mol. The van der Waals surface area contributed by atoms with E-state index in [1.54, 1.807) is 0 Å². The quantitative estimate of drug-likeness (QED) is 0.733. The van der Waals surface area contributed by atoms with E-state index in [0.29, 0.717) is 11.5 Å². The summed E-state index contributed by atoms with van der Waals surface area (Å²) >= 11 is 5.50. The predicted molar refractivity (Wildman–Crippen MR) is 100 cm³/mol. The maximum Gasteiger partial charge on any atom is 0.171 e. The average Bonchev–Trinajstić information content (AvgIpc) is 2.43. The van der Waals surface area contributed by atoms with E-state index in [1.165, 1.54) is 36.8 Å². The second-order valence-electron chi connectivity index (χ2n) is 7.76. The summed E-state index contributed by atoms with van der Waals surface area (Å²) in [6.07, 6.45) is 5.04. The molecule has 0 spiro atoms. The molecule has 2 N–H and O–H groups in total. The third kappa shape index (κ3) is 4.45. The Hall–Kier alpha value is -1.09. The number of anilines is 1. The number of thiocarbonyl (C=S) groups is 1. The van der Waals surface area contributed by atoms with Crippen LogP contribution in [0.25, 0.3) is 0 Å². The van der Waals surface area contributed by atoms with Gasteiger partial charge in [-0.05, 0) is 80.3 Å². The van der Waals surface area contributed by atoms with E-state index in [-0.39, 0.29) is 0 Å². The third-order valence-electron chi connectivity index (χ3n) is 5.14. The molecule has 1 aromatic carbocycles. The first-order valence-corrected chi connectivity index (χ1v) is 8.82. The Kier molecular flexibility index (Phi) is 5.49. The minimum absolute atomic E-state index is 0.433. The van der Waals surface area contributed by atoms with Crippen LogP contribution in [0.15, 0.2) is 18.2 Å². The first-order valence-electron chi connectivity index (χ1n) is 8.41. The SMILES string of the molecule is Cc1cccc(NC(=S)NC2CCC(C(C)(C)C)CC2)c1C. The van der Waals surface area contributed by atoms with Gasteiger partial charge in [-0.1, -0.05) is 32.9 Å². The number of hydrogen-bond donors (Lipinski definition) is 2. The highest BCUT2D eigenvalue weighted by atomic mass is 32.1. The second-order valence-corrected chi connectivity index (χ2v) is 8.17. The molecule has 0 heterocycles. The molecule has 0 unspecified atom stereocenters. The van der Waals surface area contributed by atoms with Gasteiger partial charge < -0.3 is 10.6 Å². The van der Waals surface area contributed by atoms with Crippen LogP contribution in [0, 0.1) is 25.2 Å². The van der Waals surface area contributed by atoms with Gasteiger partial charge in [-0.15, -0.1) is 0 Å². The Bertz CT molecular complexity index is 523. The molecule has 1 fully saturated rings.